The van der Waals surface area contributed by atoms with Crippen molar-refractivity contribution >= 4 is 45.2 Å². The fourth-order valence-corrected chi connectivity index (χ4v) is 3.88. The van der Waals surface area contributed by atoms with E-state index in [1.54, 1.807) is 12.1 Å². The second-order valence-corrected chi connectivity index (χ2v) is 7.48. The van der Waals surface area contributed by atoms with Gasteiger partial charge in [0.1, 0.15) is 4.88 Å². The van der Waals surface area contributed by atoms with Crippen LogP contribution in [0.5, 0.6) is 5.88 Å². The summed E-state index contributed by atoms with van der Waals surface area (Å²) in [6.07, 6.45) is 0. The van der Waals surface area contributed by atoms with Crippen molar-refractivity contribution in [1.29, 1.82) is 0 Å². The van der Waals surface area contributed by atoms with Crippen molar-refractivity contribution in [3.05, 3.63) is 68.0 Å². The highest BCUT2D eigenvalue weighted by Gasteiger charge is 2.24. The molecule has 0 unspecified atom stereocenters. The van der Waals surface area contributed by atoms with Gasteiger partial charge in [-0.25, -0.2) is 4.99 Å². The minimum absolute atomic E-state index is 0.191. The molecule has 3 aromatic rings. The molecule has 2 N–H and O–H groups in total. The fraction of sp³-hybridized carbons (Fsp3) is 0.105. The van der Waals surface area contributed by atoms with E-state index >= 15 is 0 Å². The van der Waals surface area contributed by atoms with Crippen LogP contribution in [0.1, 0.15) is 16.0 Å². The van der Waals surface area contributed by atoms with Gasteiger partial charge in [0.05, 0.1) is 10.9 Å². The SMILES string of the molecule is Cc1ccc2c(c1)=C(c1sc(Nc3ccc(C)c(Cl)c3)nc1O)C(=O)N=2. The Kier molecular flexibility index (Phi) is 4.01. The summed E-state index contributed by atoms with van der Waals surface area (Å²) in [5, 5.41) is 15.9. The summed E-state index contributed by atoms with van der Waals surface area (Å²) >= 11 is 7.34. The zero-order chi connectivity index (χ0) is 18.4. The van der Waals surface area contributed by atoms with Crippen molar-refractivity contribution in [2.75, 3.05) is 5.32 Å². The van der Waals surface area contributed by atoms with Crippen LogP contribution in [0.4, 0.5) is 10.8 Å². The molecule has 4 rings (SSSR count). The number of benzene rings is 2. The maximum absolute atomic E-state index is 12.4. The van der Waals surface area contributed by atoms with Crippen molar-refractivity contribution in [1.82, 2.24) is 4.98 Å². The summed E-state index contributed by atoms with van der Waals surface area (Å²) in [6.45, 7) is 3.87. The third-order valence-electron chi connectivity index (χ3n) is 4.12. The molecule has 0 spiro atoms. The zero-order valence-corrected chi connectivity index (χ0v) is 15.6. The quantitative estimate of drug-likeness (QED) is 0.728. The molecule has 7 heteroatoms. The molecule has 0 radical (unpaired) electrons. The lowest BCUT2D eigenvalue weighted by molar-refractivity contribution is -0.112. The van der Waals surface area contributed by atoms with Gasteiger partial charge in [-0.05, 0) is 43.7 Å². The maximum atomic E-state index is 12.4. The van der Waals surface area contributed by atoms with Crippen molar-refractivity contribution < 1.29 is 9.90 Å². The van der Waals surface area contributed by atoms with Crippen LogP contribution >= 0.6 is 22.9 Å². The third kappa shape index (κ3) is 2.87. The Morgan fingerprint density at radius 3 is 2.73 bits per heavy atom. The molecular formula is C19H14ClN3O2S. The number of thiazole rings is 1. The van der Waals surface area contributed by atoms with Crippen LogP contribution < -0.4 is 15.9 Å². The van der Waals surface area contributed by atoms with Gasteiger partial charge < -0.3 is 10.4 Å². The number of nitrogens with zero attached hydrogens (tertiary/aromatic N) is 2. The molecule has 0 saturated heterocycles. The fourth-order valence-electron chi connectivity index (χ4n) is 2.77. The number of aromatic hydroxyl groups is 1. The highest BCUT2D eigenvalue weighted by molar-refractivity contribution is 7.17. The normalized spacial score (nSPS) is 12.9. The van der Waals surface area contributed by atoms with Crippen molar-refractivity contribution in [2.24, 2.45) is 4.99 Å². The summed E-state index contributed by atoms with van der Waals surface area (Å²) in [6, 6.07) is 11.2. The molecule has 0 fully saturated rings. The number of hydrogen-bond acceptors (Lipinski definition) is 5. The topological polar surface area (TPSA) is 74.6 Å². The average Bonchev–Trinajstić information content (AvgIpc) is 3.09. The van der Waals surface area contributed by atoms with E-state index in [-0.39, 0.29) is 11.8 Å². The predicted molar refractivity (Wildman–Crippen MR) is 103 cm³/mol. The zero-order valence-electron chi connectivity index (χ0n) is 14.0. The van der Waals surface area contributed by atoms with Gasteiger partial charge in [-0.15, -0.1) is 0 Å². The van der Waals surface area contributed by atoms with Crippen LogP contribution in [-0.4, -0.2) is 16.0 Å². The Labute approximate surface area is 158 Å². The lowest BCUT2D eigenvalue weighted by Crippen LogP contribution is -2.23. The Balaban J connectivity index is 1.78. The molecule has 0 atom stereocenters. The number of rotatable bonds is 3. The average molecular weight is 384 g/mol. The molecule has 1 amide bonds. The van der Waals surface area contributed by atoms with E-state index in [9.17, 15) is 9.90 Å². The monoisotopic (exact) mass is 383 g/mol. The number of halogens is 1. The van der Waals surface area contributed by atoms with E-state index in [0.717, 1.165) is 22.0 Å². The molecule has 0 saturated carbocycles. The van der Waals surface area contributed by atoms with Crippen LogP contribution in [0.25, 0.3) is 5.57 Å². The van der Waals surface area contributed by atoms with E-state index in [4.69, 9.17) is 11.6 Å². The van der Waals surface area contributed by atoms with Gasteiger partial charge in [-0.3, -0.25) is 4.79 Å². The van der Waals surface area contributed by atoms with Crippen LogP contribution in [0.3, 0.4) is 0 Å². The standard InChI is InChI=1S/C19H14ClN3O2S/c1-9-3-6-14-12(7-9)15(17(24)22-14)16-18(25)23-19(26-16)21-11-5-4-10(2)13(20)8-11/h3-8,25H,1-2H3,(H,21,23). The summed E-state index contributed by atoms with van der Waals surface area (Å²) in [4.78, 5) is 21.0. The van der Waals surface area contributed by atoms with Gasteiger partial charge in [0.2, 0.25) is 5.88 Å². The summed E-state index contributed by atoms with van der Waals surface area (Å²) < 4.78 is 0. The lowest BCUT2D eigenvalue weighted by atomic mass is 10.1. The molecular weight excluding hydrogens is 370 g/mol. The van der Waals surface area contributed by atoms with Crippen LogP contribution in [0, 0.1) is 13.8 Å². The molecule has 26 heavy (non-hydrogen) atoms. The smallest absolute Gasteiger partial charge is 0.279 e. The van der Waals surface area contributed by atoms with Crippen LogP contribution in [0.2, 0.25) is 5.02 Å². The van der Waals surface area contributed by atoms with Gasteiger partial charge in [-0.1, -0.05) is 40.6 Å². The minimum atomic E-state index is -0.366. The Morgan fingerprint density at radius 2 is 1.96 bits per heavy atom. The highest BCUT2D eigenvalue weighted by Crippen LogP contribution is 2.35. The second kappa shape index (κ2) is 6.23. The number of aryl methyl sites for hydroxylation is 2. The van der Waals surface area contributed by atoms with Gasteiger partial charge >= 0.3 is 0 Å². The first-order valence-electron chi connectivity index (χ1n) is 7.90. The summed E-state index contributed by atoms with van der Waals surface area (Å²) in [5.74, 6) is -0.557. The molecule has 2 aromatic carbocycles. The number of carbonyl (C=O) groups excluding carboxylic acids is 1. The Morgan fingerprint density at radius 1 is 1.15 bits per heavy atom. The third-order valence-corrected chi connectivity index (χ3v) is 5.50. The molecule has 130 valence electrons. The van der Waals surface area contributed by atoms with E-state index in [1.807, 2.05) is 38.1 Å². The van der Waals surface area contributed by atoms with E-state index in [2.05, 4.69) is 15.3 Å². The number of aromatic nitrogens is 1. The number of amides is 1. The van der Waals surface area contributed by atoms with Gasteiger partial charge in [0, 0.05) is 15.9 Å². The molecule has 1 aliphatic rings. The Hall–Kier alpha value is -2.70. The molecule has 1 aromatic heterocycles. The molecule has 2 heterocycles. The maximum Gasteiger partial charge on any atom is 0.279 e. The van der Waals surface area contributed by atoms with Gasteiger partial charge in [0.15, 0.2) is 5.13 Å². The van der Waals surface area contributed by atoms with Crippen LogP contribution in [0.15, 0.2) is 41.4 Å². The van der Waals surface area contributed by atoms with E-state index in [0.29, 0.717) is 26.0 Å². The molecule has 1 aliphatic heterocycles. The van der Waals surface area contributed by atoms with E-state index in [1.165, 1.54) is 11.3 Å². The molecule has 0 aliphatic carbocycles. The summed E-state index contributed by atoms with van der Waals surface area (Å²) in [7, 11) is 0. The number of carbonyl (C=O) groups is 1. The van der Waals surface area contributed by atoms with E-state index < -0.39 is 0 Å². The van der Waals surface area contributed by atoms with Gasteiger partial charge in [0.25, 0.3) is 5.91 Å². The first-order valence-corrected chi connectivity index (χ1v) is 9.09. The first kappa shape index (κ1) is 16.8. The van der Waals surface area contributed by atoms with Crippen molar-refractivity contribution in [2.45, 2.75) is 13.8 Å². The number of hydrogen-bond donors (Lipinski definition) is 2. The van der Waals surface area contributed by atoms with Crippen molar-refractivity contribution in [3.63, 3.8) is 0 Å². The Bertz CT molecular complexity index is 1180. The first-order chi connectivity index (χ1) is 12.4. The number of anilines is 2. The largest absolute Gasteiger partial charge is 0.492 e. The molecule has 5 nitrogen and oxygen atoms in total. The predicted octanol–water partition coefficient (Wildman–Crippen LogP) is 3.22. The minimum Gasteiger partial charge on any atom is -0.492 e. The number of fused-ring (bicyclic) bond motifs is 1. The lowest BCUT2D eigenvalue weighted by Gasteiger charge is -2.04. The van der Waals surface area contributed by atoms with Crippen molar-refractivity contribution in [3.8, 4) is 5.88 Å². The number of nitrogens with one attached hydrogen (secondary N) is 1. The summed E-state index contributed by atoms with van der Waals surface area (Å²) in [5.41, 5.74) is 3.13. The van der Waals surface area contributed by atoms with Gasteiger partial charge in [-0.2, -0.15) is 4.98 Å². The molecule has 0 bridgehead atoms. The second-order valence-electron chi connectivity index (χ2n) is 6.07. The highest BCUT2D eigenvalue weighted by atomic mass is 35.5. The van der Waals surface area contributed by atoms with Crippen LogP contribution in [-0.2, 0) is 4.79 Å².